The quantitative estimate of drug-likeness (QED) is 0.165. The van der Waals surface area contributed by atoms with Crippen molar-refractivity contribution in [3.05, 3.63) is 125 Å². The van der Waals surface area contributed by atoms with Crippen LogP contribution < -0.4 is 25.5 Å². The number of para-hydroxylation sites is 1. The summed E-state index contributed by atoms with van der Waals surface area (Å²) in [5, 5.41) is 1.35. The van der Waals surface area contributed by atoms with Crippen molar-refractivity contribution in [1.29, 1.82) is 0 Å². The van der Waals surface area contributed by atoms with Crippen molar-refractivity contribution in [3.63, 3.8) is 0 Å². The van der Waals surface area contributed by atoms with Gasteiger partial charge in [-0.15, -0.1) is 11.3 Å². The zero-order chi connectivity index (χ0) is 36.8. The van der Waals surface area contributed by atoms with Crippen molar-refractivity contribution in [1.82, 2.24) is 0 Å². The fraction of sp³-hybridized carbons (Fsp3) is 0.347. The SMILES string of the molecule is Cc1ccc2sc3c(c2c1)N(c1ccccc1)c1cccc2c1B3c1cc3c(cc1N2c1ccc2c(c1)C(C)(C)CCC2(C)C)C(C)(C)CCC3(C)C. The smallest absolute Gasteiger partial charge is 0.264 e. The van der Waals surface area contributed by atoms with Crippen LogP contribution in [0.1, 0.15) is 109 Å². The van der Waals surface area contributed by atoms with Crippen LogP contribution in [-0.4, -0.2) is 6.71 Å². The number of rotatable bonds is 2. The van der Waals surface area contributed by atoms with Crippen LogP contribution in [0.5, 0.6) is 0 Å². The van der Waals surface area contributed by atoms with Gasteiger partial charge in [-0.2, -0.15) is 0 Å². The molecule has 0 fully saturated rings. The number of aryl methyl sites for hydroxylation is 1. The molecule has 0 atom stereocenters. The standard InChI is InChI=1S/C49H51BN2S/c1-30-18-21-42-33(26-30)44-45(53-42)50-38-28-36-37(49(8,9)25-24-48(36,6)7)29-41(38)51(32-19-20-34-35(27-32)47(4,5)23-22-46(34,2)3)39-16-13-17-40(43(39)50)52(44)31-14-11-10-12-15-31/h10-21,26-29H,22-25H2,1-9H3. The zero-order valence-electron chi connectivity index (χ0n) is 32.9. The molecule has 0 radical (unpaired) electrons. The first-order chi connectivity index (χ1) is 25.2. The fourth-order valence-corrected chi connectivity index (χ4v) is 11.7. The predicted molar refractivity (Wildman–Crippen MR) is 231 cm³/mol. The Morgan fingerprint density at radius 2 is 1.13 bits per heavy atom. The molecule has 5 aromatic carbocycles. The molecule has 4 heteroatoms. The topological polar surface area (TPSA) is 6.48 Å². The highest BCUT2D eigenvalue weighted by Crippen LogP contribution is 2.53. The first kappa shape index (κ1) is 33.3. The minimum atomic E-state index is 0.104. The Morgan fingerprint density at radius 1 is 0.528 bits per heavy atom. The van der Waals surface area contributed by atoms with E-state index in [0.717, 1.165) is 0 Å². The highest BCUT2D eigenvalue weighted by Gasteiger charge is 2.48. The van der Waals surface area contributed by atoms with Gasteiger partial charge in [-0.1, -0.05) is 103 Å². The molecule has 2 nitrogen and oxygen atoms in total. The Morgan fingerprint density at radius 3 is 1.81 bits per heavy atom. The van der Waals surface area contributed by atoms with Gasteiger partial charge >= 0.3 is 0 Å². The Balaban J connectivity index is 1.33. The van der Waals surface area contributed by atoms with E-state index in [1.165, 1.54) is 113 Å². The third kappa shape index (κ3) is 4.70. The van der Waals surface area contributed by atoms with Crippen LogP contribution in [-0.2, 0) is 21.7 Å². The summed E-state index contributed by atoms with van der Waals surface area (Å²) in [6.45, 7) is 22.1. The number of nitrogens with zero attached hydrogens (tertiary/aromatic N) is 2. The summed E-state index contributed by atoms with van der Waals surface area (Å²) in [6, 6.07) is 38.0. The molecule has 1 aromatic heterocycles. The lowest BCUT2D eigenvalue weighted by atomic mass is 9.35. The second-order valence-electron chi connectivity index (χ2n) is 19.2. The lowest BCUT2D eigenvalue weighted by Gasteiger charge is -2.47. The number of benzene rings is 5. The highest BCUT2D eigenvalue weighted by molar-refractivity contribution is 7.33. The number of hydrogen-bond acceptors (Lipinski definition) is 3. The van der Waals surface area contributed by atoms with Gasteiger partial charge < -0.3 is 9.80 Å². The Bertz CT molecular complexity index is 2500. The molecule has 2 aliphatic heterocycles. The van der Waals surface area contributed by atoms with Gasteiger partial charge in [-0.25, -0.2) is 0 Å². The molecule has 266 valence electrons. The summed E-state index contributed by atoms with van der Waals surface area (Å²) in [4.78, 5) is 5.24. The van der Waals surface area contributed by atoms with E-state index in [4.69, 9.17) is 0 Å². The second kappa shape index (κ2) is 10.9. The summed E-state index contributed by atoms with van der Waals surface area (Å²) in [5.41, 5.74) is 18.5. The second-order valence-corrected chi connectivity index (χ2v) is 20.3. The maximum atomic E-state index is 2.67. The van der Waals surface area contributed by atoms with Crippen LogP contribution in [0.3, 0.4) is 0 Å². The summed E-state index contributed by atoms with van der Waals surface area (Å²) in [7, 11) is 0. The molecule has 53 heavy (non-hydrogen) atoms. The molecule has 0 amide bonds. The van der Waals surface area contributed by atoms with Crippen LogP contribution in [0.15, 0.2) is 97.1 Å². The fourth-order valence-electron chi connectivity index (χ4n) is 10.4. The number of anilines is 6. The van der Waals surface area contributed by atoms with Crippen LogP contribution in [0.25, 0.3) is 10.1 Å². The molecule has 0 unspecified atom stereocenters. The number of hydrogen-bond donors (Lipinski definition) is 0. The molecule has 4 aliphatic rings. The molecule has 10 rings (SSSR count). The van der Waals surface area contributed by atoms with Crippen molar-refractivity contribution < 1.29 is 0 Å². The molecule has 0 saturated heterocycles. The average Bonchev–Trinajstić information content (AvgIpc) is 3.50. The average molecular weight is 711 g/mol. The molecule has 2 aliphatic carbocycles. The van der Waals surface area contributed by atoms with Gasteiger partial charge in [0.1, 0.15) is 0 Å². The first-order valence-electron chi connectivity index (χ1n) is 19.8. The third-order valence-electron chi connectivity index (χ3n) is 13.8. The minimum Gasteiger partial charge on any atom is -0.311 e. The van der Waals surface area contributed by atoms with E-state index in [0.29, 0.717) is 0 Å². The third-order valence-corrected chi connectivity index (χ3v) is 15.0. The Labute approximate surface area is 321 Å². The summed E-state index contributed by atoms with van der Waals surface area (Å²) < 4.78 is 2.82. The van der Waals surface area contributed by atoms with Crippen LogP contribution in [0.4, 0.5) is 34.1 Å². The van der Waals surface area contributed by atoms with Gasteiger partial charge in [-0.3, -0.25) is 0 Å². The van der Waals surface area contributed by atoms with Crippen LogP contribution in [0, 0.1) is 6.92 Å². The van der Waals surface area contributed by atoms with E-state index >= 15 is 0 Å². The Kier molecular flexibility index (Phi) is 6.86. The van der Waals surface area contributed by atoms with Crippen LogP contribution >= 0.6 is 11.3 Å². The predicted octanol–water partition coefficient (Wildman–Crippen LogP) is 12.0. The molecule has 0 N–H and O–H groups in total. The molecular formula is C49H51BN2S. The highest BCUT2D eigenvalue weighted by atomic mass is 32.1. The van der Waals surface area contributed by atoms with E-state index < -0.39 is 0 Å². The van der Waals surface area contributed by atoms with Gasteiger partial charge in [-0.05, 0) is 142 Å². The normalized spacial score (nSPS) is 19.6. The summed E-state index contributed by atoms with van der Waals surface area (Å²) in [5.74, 6) is 0. The van der Waals surface area contributed by atoms with Crippen molar-refractivity contribution in [2.75, 3.05) is 9.80 Å². The van der Waals surface area contributed by atoms with Gasteiger partial charge in [0.15, 0.2) is 0 Å². The lowest BCUT2D eigenvalue weighted by Crippen LogP contribution is -2.61. The summed E-state index contributed by atoms with van der Waals surface area (Å²) >= 11 is 2.00. The first-order valence-corrected chi connectivity index (χ1v) is 20.6. The number of thiophene rings is 1. The Hall–Kier alpha value is -4.28. The van der Waals surface area contributed by atoms with E-state index in [1.807, 2.05) is 11.3 Å². The van der Waals surface area contributed by atoms with E-state index in [-0.39, 0.29) is 28.4 Å². The lowest BCUT2D eigenvalue weighted by molar-refractivity contribution is 0.332. The molecule has 0 spiro atoms. The van der Waals surface area contributed by atoms with Crippen LogP contribution in [0.2, 0.25) is 0 Å². The number of fused-ring (bicyclic) bond motifs is 8. The zero-order valence-corrected chi connectivity index (χ0v) is 33.8. The van der Waals surface area contributed by atoms with E-state index in [9.17, 15) is 0 Å². The monoisotopic (exact) mass is 710 g/mol. The molecule has 3 heterocycles. The van der Waals surface area contributed by atoms with Crippen molar-refractivity contribution in [3.8, 4) is 0 Å². The van der Waals surface area contributed by atoms with Gasteiger partial charge in [0.2, 0.25) is 0 Å². The van der Waals surface area contributed by atoms with Gasteiger partial charge in [0, 0.05) is 43.3 Å². The maximum absolute atomic E-state index is 2.67. The van der Waals surface area contributed by atoms with Crippen molar-refractivity contribution in [2.24, 2.45) is 0 Å². The largest absolute Gasteiger partial charge is 0.311 e. The van der Waals surface area contributed by atoms with E-state index in [2.05, 4.69) is 169 Å². The summed E-state index contributed by atoms with van der Waals surface area (Å²) in [6.07, 6.45) is 4.82. The van der Waals surface area contributed by atoms with Gasteiger partial charge in [0.25, 0.3) is 6.71 Å². The molecule has 0 saturated carbocycles. The molecular weight excluding hydrogens is 659 g/mol. The van der Waals surface area contributed by atoms with Gasteiger partial charge in [0.05, 0.1) is 5.69 Å². The van der Waals surface area contributed by atoms with Crippen molar-refractivity contribution in [2.45, 2.75) is 110 Å². The minimum absolute atomic E-state index is 0.104. The molecule has 6 aromatic rings. The van der Waals surface area contributed by atoms with E-state index in [1.54, 1.807) is 0 Å². The maximum Gasteiger partial charge on any atom is 0.264 e. The van der Waals surface area contributed by atoms with Crippen molar-refractivity contribution >= 4 is 78.0 Å². The molecule has 0 bridgehead atoms.